The third-order valence-corrected chi connectivity index (χ3v) is 3.89. The van der Waals surface area contributed by atoms with E-state index in [0.29, 0.717) is 0 Å². The number of aromatic nitrogens is 1. The topological polar surface area (TPSA) is 105 Å². The minimum absolute atomic E-state index is 0.0148. The van der Waals surface area contributed by atoms with Crippen LogP contribution in [0.25, 0.3) is 0 Å². The third kappa shape index (κ3) is 3.89. The summed E-state index contributed by atoms with van der Waals surface area (Å²) in [6, 6.07) is 1.17. The van der Waals surface area contributed by atoms with Crippen molar-refractivity contribution in [3.05, 3.63) is 33.1 Å². The number of nitrogens with zero attached hydrogens (tertiary/aromatic N) is 2. The van der Waals surface area contributed by atoms with E-state index in [4.69, 9.17) is 11.6 Å². The highest BCUT2D eigenvalue weighted by Gasteiger charge is 2.26. The number of hydrogen-bond donors (Lipinski definition) is 2. The van der Waals surface area contributed by atoms with Crippen LogP contribution >= 0.6 is 11.6 Å². The maximum absolute atomic E-state index is 12.1. The molecule has 8 heteroatoms. The highest BCUT2D eigenvalue weighted by molar-refractivity contribution is 6.29. The van der Waals surface area contributed by atoms with Gasteiger partial charge < -0.3 is 10.4 Å². The number of aliphatic hydroxyl groups is 1. The first-order valence-corrected chi connectivity index (χ1v) is 7.13. The molecule has 1 amide bonds. The SMILES string of the molecule is O=C(NCC1CCCCC1O)c1cc(Cl)ncc1[N+](=O)[O-]. The fourth-order valence-electron chi connectivity index (χ4n) is 2.50. The summed E-state index contributed by atoms with van der Waals surface area (Å²) in [6.07, 6.45) is 4.08. The smallest absolute Gasteiger partial charge is 0.300 e. The number of hydrogen-bond acceptors (Lipinski definition) is 5. The van der Waals surface area contributed by atoms with E-state index in [2.05, 4.69) is 10.3 Å². The summed E-state index contributed by atoms with van der Waals surface area (Å²) in [5.41, 5.74) is -0.508. The molecule has 0 aromatic carbocycles. The second-order valence-corrected chi connectivity index (χ2v) is 5.49. The number of nitrogens with one attached hydrogen (secondary N) is 1. The molecular formula is C13H16ClN3O4. The van der Waals surface area contributed by atoms with Gasteiger partial charge in [-0.15, -0.1) is 0 Å². The Morgan fingerprint density at radius 3 is 2.90 bits per heavy atom. The van der Waals surface area contributed by atoms with E-state index >= 15 is 0 Å². The molecule has 0 aliphatic heterocycles. The van der Waals surface area contributed by atoms with Gasteiger partial charge in [-0.25, -0.2) is 4.98 Å². The van der Waals surface area contributed by atoms with E-state index in [0.717, 1.165) is 31.9 Å². The highest BCUT2D eigenvalue weighted by atomic mass is 35.5. The van der Waals surface area contributed by atoms with Gasteiger partial charge in [0.2, 0.25) is 0 Å². The van der Waals surface area contributed by atoms with Crippen LogP contribution in [0.2, 0.25) is 5.15 Å². The van der Waals surface area contributed by atoms with Gasteiger partial charge in [0.25, 0.3) is 11.6 Å². The standard InChI is InChI=1S/C13H16ClN3O4/c14-12-5-9(10(7-15-12)17(20)21)13(19)16-6-8-3-1-2-4-11(8)18/h5,7-8,11,18H,1-4,6H2,(H,16,19). The van der Waals surface area contributed by atoms with Gasteiger partial charge in [-0.2, -0.15) is 0 Å². The van der Waals surface area contributed by atoms with Gasteiger partial charge in [0.1, 0.15) is 16.9 Å². The molecule has 2 atom stereocenters. The zero-order chi connectivity index (χ0) is 15.4. The zero-order valence-corrected chi connectivity index (χ0v) is 12.0. The normalized spacial score (nSPS) is 21.8. The van der Waals surface area contributed by atoms with Gasteiger partial charge in [-0.05, 0) is 18.9 Å². The molecular weight excluding hydrogens is 298 g/mol. The Kier molecular flexibility index (Phi) is 5.08. The molecule has 1 aromatic rings. The van der Waals surface area contributed by atoms with E-state index in [1.54, 1.807) is 0 Å². The highest BCUT2D eigenvalue weighted by Crippen LogP contribution is 2.24. The molecule has 1 heterocycles. The summed E-state index contributed by atoms with van der Waals surface area (Å²) >= 11 is 5.68. The molecule has 114 valence electrons. The van der Waals surface area contributed by atoms with Crippen LogP contribution in [0.1, 0.15) is 36.0 Å². The molecule has 1 saturated carbocycles. The number of carbonyl (C=O) groups excluding carboxylic acids is 1. The van der Waals surface area contributed by atoms with E-state index < -0.39 is 16.9 Å². The maximum Gasteiger partial charge on any atom is 0.300 e. The minimum Gasteiger partial charge on any atom is -0.393 e. The average Bonchev–Trinajstić information content (AvgIpc) is 2.45. The van der Waals surface area contributed by atoms with E-state index in [-0.39, 0.29) is 28.9 Å². The summed E-state index contributed by atoms with van der Waals surface area (Å²) in [6.45, 7) is 0.289. The van der Waals surface area contributed by atoms with Gasteiger partial charge >= 0.3 is 0 Å². The van der Waals surface area contributed by atoms with Crippen LogP contribution in [0.3, 0.4) is 0 Å². The Labute approximate surface area is 126 Å². The first-order valence-electron chi connectivity index (χ1n) is 6.75. The first kappa shape index (κ1) is 15.7. The van der Waals surface area contributed by atoms with Crippen molar-refractivity contribution in [3.8, 4) is 0 Å². The van der Waals surface area contributed by atoms with Crippen molar-refractivity contribution in [2.45, 2.75) is 31.8 Å². The molecule has 0 saturated heterocycles. The zero-order valence-electron chi connectivity index (χ0n) is 11.3. The molecule has 0 spiro atoms. The lowest BCUT2D eigenvalue weighted by atomic mass is 9.86. The number of nitro groups is 1. The van der Waals surface area contributed by atoms with Gasteiger partial charge in [-0.3, -0.25) is 14.9 Å². The number of aliphatic hydroxyl groups excluding tert-OH is 1. The van der Waals surface area contributed by atoms with Crippen LogP contribution in [-0.4, -0.2) is 33.6 Å². The summed E-state index contributed by atoms with van der Waals surface area (Å²) in [5.74, 6) is -0.595. The van der Waals surface area contributed by atoms with Gasteiger partial charge in [0.15, 0.2) is 0 Å². The van der Waals surface area contributed by atoms with Crippen LogP contribution in [0.4, 0.5) is 5.69 Å². The van der Waals surface area contributed by atoms with E-state index in [9.17, 15) is 20.0 Å². The Morgan fingerprint density at radius 2 is 2.24 bits per heavy atom. The van der Waals surface area contributed by atoms with Crippen LogP contribution in [0.15, 0.2) is 12.3 Å². The third-order valence-electron chi connectivity index (χ3n) is 3.68. The first-order chi connectivity index (χ1) is 9.99. The Hall–Kier alpha value is -1.73. The summed E-state index contributed by atoms with van der Waals surface area (Å²) in [5, 5.41) is 23.4. The molecule has 2 unspecified atom stereocenters. The summed E-state index contributed by atoms with van der Waals surface area (Å²) < 4.78 is 0. The van der Waals surface area contributed by atoms with Crippen LogP contribution < -0.4 is 5.32 Å². The largest absolute Gasteiger partial charge is 0.393 e. The molecule has 0 bridgehead atoms. The van der Waals surface area contributed by atoms with Crippen molar-refractivity contribution in [3.63, 3.8) is 0 Å². The molecule has 21 heavy (non-hydrogen) atoms. The molecule has 7 nitrogen and oxygen atoms in total. The van der Waals surface area contributed by atoms with Crippen LogP contribution in [-0.2, 0) is 0 Å². The fourth-order valence-corrected chi connectivity index (χ4v) is 2.65. The predicted molar refractivity (Wildman–Crippen MR) is 76.2 cm³/mol. The van der Waals surface area contributed by atoms with E-state index in [1.165, 1.54) is 6.07 Å². The monoisotopic (exact) mass is 313 g/mol. The molecule has 0 radical (unpaired) electrons. The fraction of sp³-hybridized carbons (Fsp3) is 0.538. The number of rotatable bonds is 4. The maximum atomic E-state index is 12.1. The van der Waals surface area contributed by atoms with Gasteiger partial charge in [0.05, 0.1) is 11.0 Å². The lowest BCUT2D eigenvalue weighted by molar-refractivity contribution is -0.385. The van der Waals surface area contributed by atoms with Crippen molar-refractivity contribution >= 4 is 23.2 Å². The number of pyridine rings is 1. The second-order valence-electron chi connectivity index (χ2n) is 5.10. The Morgan fingerprint density at radius 1 is 1.52 bits per heavy atom. The molecule has 2 N–H and O–H groups in total. The minimum atomic E-state index is -0.673. The quantitative estimate of drug-likeness (QED) is 0.502. The summed E-state index contributed by atoms with van der Waals surface area (Å²) in [4.78, 5) is 25.9. The predicted octanol–water partition coefficient (Wildman–Crippen LogP) is 1.92. The Bertz CT molecular complexity index is 552. The van der Waals surface area contributed by atoms with Crippen LogP contribution in [0.5, 0.6) is 0 Å². The lowest BCUT2D eigenvalue weighted by Crippen LogP contribution is -2.36. The molecule has 1 aromatic heterocycles. The molecule has 1 aliphatic carbocycles. The van der Waals surface area contributed by atoms with Gasteiger partial charge in [-0.1, -0.05) is 24.4 Å². The number of amides is 1. The molecule has 1 fully saturated rings. The van der Waals surface area contributed by atoms with Crippen molar-refractivity contribution in [1.29, 1.82) is 0 Å². The number of carbonyl (C=O) groups is 1. The van der Waals surface area contributed by atoms with E-state index in [1.807, 2.05) is 0 Å². The van der Waals surface area contributed by atoms with Crippen molar-refractivity contribution < 1.29 is 14.8 Å². The van der Waals surface area contributed by atoms with Crippen molar-refractivity contribution in [2.24, 2.45) is 5.92 Å². The van der Waals surface area contributed by atoms with Crippen molar-refractivity contribution in [2.75, 3.05) is 6.54 Å². The second kappa shape index (κ2) is 6.82. The molecule has 1 aliphatic rings. The molecule has 2 rings (SSSR count). The van der Waals surface area contributed by atoms with Crippen LogP contribution in [0, 0.1) is 16.0 Å². The number of halogens is 1. The van der Waals surface area contributed by atoms with Gasteiger partial charge in [0, 0.05) is 12.5 Å². The summed E-state index contributed by atoms with van der Waals surface area (Å²) in [7, 11) is 0. The van der Waals surface area contributed by atoms with Crippen molar-refractivity contribution in [1.82, 2.24) is 10.3 Å². The lowest BCUT2D eigenvalue weighted by Gasteiger charge is -2.27. The Balaban J connectivity index is 2.06. The average molecular weight is 314 g/mol.